The van der Waals surface area contributed by atoms with Gasteiger partial charge in [0, 0.05) is 42.3 Å². The van der Waals surface area contributed by atoms with E-state index in [0.29, 0.717) is 16.8 Å². The highest BCUT2D eigenvalue weighted by Crippen LogP contribution is 2.31. The van der Waals surface area contributed by atoms with Crippen molar-refractivity contribution in [2.24, 2.45) is 10.1 Å². The summed E-state index contributed by atoms with van der Waals surface area (Å²) in [5.74, 6) is -0.470. The van der Waals surface area contributed by atoms with Crippen molar-refractivity contribution in [1.82, 2.24) is 14.5 Å². The summed E-state index contributed by atoms with van der Waals surface area (Å²) < 4.78 is 2.16. The molecule has 4 heterocycles. The van der Waals surface area contributed by atoms with Crippen LogP contribution in [0.4, 0.5) is 0 Å². The Morgan fingerprint density at radius 2 is 1.86 bits per heavy atom. The summed E-state index contributed by atoms with van der Waals surface area (Å²) in [7, 11) is 0. The summed E-state index contributed by atoms with van der Waals surface area (Å²) in [5, 5.41) is 16.5. The van der Waals surface area contributed by atoms with Gasteiger partial charge >= 0.3 is 0 Å². The Morgan fingerprint density at radius 1 is 1.11 bits per heavy atom. The highest BCUT2D eigenvalue weighted by Gasteiger charge is 2.36. The van der Waals surface area contributed by atoms with Crippen molar-refractivity contribution < 1.29 is 9.59 Å². The van der Waals surface area contributed by atoms with Crippen LogP contribution < -0.4 is 0 Å². The predicted molar refractivity (Wildman–Crippen MR) is 148 cm³/mol. The van der Waals surface area contributed by atoms with Gasteiger partial charge in [0.25, 0.3) is 5.91 Å². The van der Waals surface area contributed by atoms with Gasteiger partial charge in [-0.3, -0.25) is 15.0 Å². The van der Waals surface area contributed by atoms with Crippen LogP contribution in [0, 0.1) is 12.3 Å². The van der Waals surface area contributed by atoms with Crippen molar-refractivity contribution in [3.8, 4) is 0 Å². The number of carbonyl (C=O) groups excluding carboxylic acids is 2. The molecule has 3 aliphatic heterocycles. The van der Waals surface area contributed by atoms with Crippen molar-refractivity contribution in [1.29, 1.82) is 5.41 Å². The Bertz CT molecular complexity index is 1530. The zero-order valence-electron chi connectivity index (χ0n) is 20.5. The third-order valence-electron chi connectivity index (χ3n) is 6.85. The van der Waals surface area contributed by atoms with Crippen LogP contribution in [0.1, 0.15) is 36.0 Å². The van der Waals surface area contributed by atoms with E-state index in [9.17, 15) is 9.59 Å². The van der Waals surface area contributed by atoms with Gasteiger partial charge < -0.3 is 9.47 Å². The van der Waals surface area contributed by atoms with Crippen LogP contribution in [0.15, 0.2) is 70.4 Å². The Kier molecular flexibility index (Phi) is 6.00. The molecule has 0 radical (unpaired) electrons. The van der Waals surface area contributed by atoms with Gasteiger partial charge in [-0.2, -0.15) is 15.1 Å². The number of likely N-dealkylation sites (tertiary alicyclic amines) is 1. The number of para-hydroxylation sites is 1. The molecular weight excluding hydrogens is 484 g/mol. The van der Waals surface area contributed by atoms with Crippen molar-refractivity contribution in [2.75, 3.05) is 13.1 Å². The first-order valence-electron chi connectivity index (χ1n) is 12.4. The second-order valence-corrected chi connectivity index (χ2v) is 10.5. The van der Waals surface area contributed by atoms with Crippen LogP contribution in [0.2, 0.25) is 0 Å². The molecule has 1 fully saturated rings. The molecule has 0 spiro atoms. The molecule has 6 rings (SSSR count). The molecule has 2 aromatic carbocycles. The number of rotatable bonds is 5. The summed E-state index contributed by atoms with van der Waals surface area (Å²) in [6, 6.07) is 16.5. The van der Waals surface area contributed by atoms with Crippen molar-refractivity contribution in [3.63, 3.8) is 0 Å². The van der Waals surface area contributed by atoms with E-state index in [4.69, 9.17) is 5.41 Å². The molecule has 9 heteroatoms. The fraction of sp³-hybridized carbons (Fsp3) is 0.250. The van der Waals surface area contributed by atoms with E-state index in [2.05, 4.69) is 51.9 Å². The number of nitrogens with one attached hydrogen (secondary N) is 1. The van der Waals surface area contributed by atoms with E-state index in [0.717, 1.165) is 42.4 Å². The second kappa shape index (κ2) is 9.48. The van der Waals surface area contributed by atoms with Gasteiger partial charge in [0.2, 0.25) is 11.1 Å². The number of aryl methyl sites for hydroxylation is 1. The van der Waals surface area contributed by atoms with Gasteiger partial charge in [0.15, 0.2) is 5.84 Å². The molecule has 0 saturated carbocycles. The maximum Gasteiger partial charge on any atom is 0.283 e. The first-order chi connectivity index (χ1) is 18.0. The third kappa shape index (κ3) is 4.51. The monoisotopic (exact) mass is 510 g/mol. The lowest BCUT2D eigenvalue weighted by molar-refractivity contribution is -0.128. The summed E-state index contributed by atoms with van der Waals surface area (Å²) in [5.41, 5.74) is 4.47. The number of hydrogen-bond donors (Lipinski definition) is 1. The molecule has 8 nitrogen and oxygen atoms in total. The van der Waals surface area contributed by atoms with Gasteiger partial charge in [0.05, 0.1) is 12.0 Å². The second-order valence-electron chi connectivity index (χ2n) is 9.49. The van der Waals surface area contributed by atoms with Crippen molar-refractivity contribution in [2.45, 2.75) is 32.7 Å². The largest absolute Gasteiger partial charge is 0.342 e. The number of aromatic nitrogens is 1. The Balaban J connectivity index is 1.29. The normalized spacial score (nSPS) is 18.6. The lowest BCUT2D eigenvalue weighted by Crippen LogP contribution is -2.35. The molecule has 0 aliphatic carbocycles. The van der Waals surface area contributed by atoms with Crippen LogP contribution in [0.25, 0.3) is 17.0 Å². The number of carbonyl (C=O) groups is 2. The number of hydrazone groups is 1. The number of amidine groups is 2. The van der Waals surface area contributed by atoms with E-state index in [1.165, 1.54) is 27.9 Å². The minimum atomic E-state index is -0.471. The zero-order valence-corrected chi connectivity index (χ0v) is 21.3. The average molecular weight is 511 g/mol. The molecule has 0 unspecified atom stereocenters. The zero-order chi connectivity index (χ0) is 25.5. The number of nitrogens with zero attached hydrogens (tertiary/aromatic N) is 5. The van der Waals surface area contributed by atoms with E-state index < -0.39 is 5.91 Å². The molecule has 186 valence electrons. The van der Waals surface area contributed by atoms with Gasteiger partial charge in [-0.05, 0) is 49.2 Å². The van der Waals surface area contributed by atoms with Gasteiger partial charge in [0.1, 0.15) is 5.04 Å². The van der Waals surface area contributed by atoms with Crippen LogP contribution in [-0.2, 0) is 16.1 Å². The Labute approximate surface area is 218 Å². The van der Waals surface area contributed by atoms with E-state index in [-0.39, 0.29) is 23.7 Å². The Hall–Kier alpha value is -3.98. The minimum Gasteiger partial charge on any atom is -0.342 e. The van der Waals surface area contributed by atoms with Crippen LogP contribution in [0.5, 0.6) is 0 Å². The Morgan fingerprint density at radius 3 is 2.65 bits per heavy atom. The fourth-order valence-electron chi connectivity index (χ4n) is 4.88. The van der Waals surface area contributed by atoms with E-state index in [1.807, 2.05) is 29.3 Å². The smallest absolute Gasteiger partial charge is 0.283 e. The molecule has 3 aliphatic rings. The summed E-state index contributed by atoms with van der Waals surface area (Å²) in [4.78, 5) is 31.6. The molecule has 3 aromatic rings. The highest BCUT2D eigenvalue weighted by molar-refractivity contribution is 8.27. The number of hydrogen-bond acceptors (Lipinski definition) is 5. The van der Waals surface area contributed by atoms with Gasteiger partial charge in [-0.1, -0.05) is 48.0 Å². The molecule has 37 heavy (non-hydrogen) atoms. The third-order valence-corrected chi connectivity index (χ3v) is 7.76. The molecule has 0 atom stereocenters. The maximum atomic E-state index is 13.0. The van der Waals surface area contributed by atoms with Gasteiger partial charge in [-0.25, -0.2) is 0 Å². The van der Waals surface area contributed by atoms with Crippen molar-refractivity contribution >= 4 is 56.6 Å². The number of thioether (sulfide) groups is 1. The fourth-order valence-corrected chi connectivity index (χ4v) is 5.75. The summed E-state index contributed by atoms with van der Waals surface area (Å²) in [6.07, 6.45) is 5.96. The standard InChI is InChI=1S/C28H26N6O2S/c1-18-8-10-19(11-9-18)16-33-17-20(21-6-2-3-7-23(21)33)14-22-26(29)34-28(30-27(22)36)37-24(31-34)15-25(35)32-12-4-5-13-32/h2-3,6-11,14,17,29H,4-5,12-13,15-16H2,1H3. The lowest BCUT2D eigenvalue weighted by atomic mass is 10.1. The average Bonchev–Trinajstić information content (AvgIpc) is 3.63. The highest BCUT2D eigenvalue weighted by atomic mass is 32.2. The predicted octanol–water partition coefficient (Wildman–Crippen LogP) is 4.63. The minimum absolute atomic E-state index is 0.0264. The molecule has 1 N–H and O–H groups in total. The van der Waals surface area contributed by atoms with Crippen molar-refractivity contribution in [3.05, 3.63) is 77.0 Å². The molecule has 1 aromatic heterocycles. The summed E-state index contributed by atoms with van der Waals surface area (Å²) >= 11 is 1.19. The SMILES string of the molecule is Cc1ccc(Cn2cc(C=C3C(=N)N4N=C(CC(=O)N5CCCC5)SC4=NC3=O)c3ccccc32)cc1. The van der Waals surface area contributed by atoms with Crippen LogP contribution in [0.3, 0.4) is 0 Å². The lowest BCUT2D eigenvalue weighted by Gasteiger charge is -2.20. The molecule has 2 amide bonds. The number of aliphatic imine (C=N–C) groups is 1. The van der Waals surface area contributed by atoms with E-state index >= 15 is 0 Å². The van der Waals surface area contributed by atoms with Crippen LogP contribution in [-0.4, -0.2) is 55.4 Å². The summed E-state index contributed by atoms with van der Waals surface area (Å²) in [6.45, 7) is 4.32. The van der Waals surface area contributed by atoms with E-state index in [1.54, 1.807) is 6.08 Å². The molecular formula is C28H26N6O2S. The number of amides is 2. The first kappa shape index (κ1) is 23.4. The van der Waals surface area contributed by atoms with Crippen LogP contribution >= 0.6 is 11.8 Å². The maximum absolute atomic E-state index is 13.0. The quantitative estimate of drug-likeness (QED) is 0.507. The number of fused-ring (bicyclic) bond motifs is 2. The van der Waals surface area contributed by atoms with Gasteiger partial charge in [-0.15, -0.1) is 0 Å². The molecule has 1 saturated heterocycles. The first-order valence-corrected chi connectivity index (χ1v) is 13.2. The topological polar surface area (TPSA) is 94.1 Å². The molecule has 0 bridgehead atoms. The number of benzene rings is 2.